The highest BCUT2D eigenvalue weighted by atomic mass is 16.1. The molecule has 0 aliphatic carbocycles. The maximum absolute atomic E-state index is 12.2. The van der Waals surface area contributed by atoms with Crippen LogP contribution in [-0.4, -0.2) is 29.8 Å². The third-order valence-corrected chi connectivity index (χ3v) is 3.24. The molecule has 17 heavy (non-hydrogen) atoms. The highest BCUT2D eigenvalue weighted by Gasteiger charge is 2.26. The zero-order valence-corrected chi connectivity index (χ0v) is 12.8. The number of hydrogen-bond donors (Lipinski definition) is 0. The average Bonchev–Trinajstić information content (AvgIpc) is 2.16. The highest BCUT2D eigenvalue weighted by Crippen LogP contribution is 2.18. The summed E-state index contributed by atoms with van der Waals surface area (Å²) in [5.74, 6) is 0.966. The molecule has 0 aliphatic heterocycles. The molecule has 0 bridgehead atoms. The lowest BCUT2D eigenvalue weighted by Gasteiger charge is -2.33. The Labute approximate surface area is 108 Å². The number of rotatable bonds is 7. The van der Waals surface area contributed by atoms with Gasteiger partial charge in [0.1, 0.15) is 0 Å². The van der Waals surface area contributed by atoms with Crippen molar-refractivity contribution in [2.75, 3.05) is 13.1 Å². The normalized spacial score (nSPS) is 12.8. The fraction of sp³-hybridized carbons (Fsp3) is 0.933. The van der Waals surface area contributed by atoms with Crippen LogP contribution in [0.15, 0.2) is 0 Å². The Morgan fingerprint density at radius 1 is 1.12 bits per heavy atom. The molecule has 0 aromatic heterocycles. The van der Waals surface area contributed by atoms with Gasteiger partial charge in [-0.15, -0.1) is 0 Å². The monoisotopic (exact) mass is 241 g/mol. The molecule has 0 radical (unpaired) electrons. The minimum absolute atomic E-state index is 0.221. The highest BCUT2D eigenvalue weighted by molar-refractivity contribution is 5.85. The van der Waals surface area contributed by atoms with Crippen molar-refractivity contribution < 1.29 is 4.79 Å². The number of carbonyl (C=O) groups excluding carboxylic acids is 1. The lowest BCUT2D eigenvalue weighted by Crippen LogP contribution is -2.43. The first-order valence-corrected chi connectivity index (χ1v) is 6.99. The maximum atomic E-state index is 12.2. The molecule has 0 aliphatic rings. The van der Waals surface area contributed by atoms with Crippen molar-refractivity contribution in [3.05, 3.63) is 0 Å². The standard InChI is InChI=1S/C15H31NO/c1-8-13(9-2)16(10-12(3)4)11-14(17)15(5,6)7/h12-13H,8-11H2,1-7H3. The molecule has 0 atom stereocenters. The van der Waals surface area contributed by atoms with Gasteiger partial charge in [-0.1, -0.05) is 48.5 Å². The van der Waals surface area contributed by atoms with E-state index in [1.165, 1.54) is 0 Å². The summed E-state index contributed by atoms with van der Waals surface area (Å²) in [4.78, 5) is 14.5. The van der Waals surface area contributed by atoms with Gasteiger partial charge in [-0.05, 0) is 18.8 Å². The summed E-state index contributed by atoms with van der Waals surface area (Å²) in [5, 5.41) is 0. The first-order chi connectivity index (χ1) is 7.72. The summed E-state index contributed by atoms with van der Waals surface area (Å²) in [6.07, 6.45) is 2.25. The minimum Gasteiger partial charge on any atom is -0.298 e. The number of carbonyl (C=O) groups is 1. The third kappa shape index (κ3) is 6.21. The summed E-state index contributed by atoms with van der Waals surface area (Å²) >= 11 is 0. The van der Waals surface area contributed by atoms with E-state index in [0.29, 0.717) is 24.3 Å². The largest absolute Gasteiger partial charge is 0.298 e. The molecular weight excluding hydrogens is 210 g/mol. The molecule has 0 saturated carbocycles. The lowest BCUT2D eigenvalue weighted by atomic mass is 9.90. The van der Waals surface area contributed by atoms with Gasteiger partial charge in [0.05, 0.1) is 6.54 Å². The van der Waals surface area contributed by atoms with Crippen LogP contribution in [0.1, 0.15) is 61.3 Å². The SMILES string of the molecule is CCC(CC)N(CC(=O)C(C)(C)C)CC(C)C. The molecule has 0 aromatic carbocycles. The molecule has 0 heterocycles. The fourth-order valence-corrected chi connectivity index (χ4v) is 2.04. The Morgan fingerprint density at radius 3 is 1.88 bits per heavy atom. The Kier molecular flexibility index (Phi) is 6.99. The fourth-order valence-electron chi connectivity index (χ4n) is 2.04. The van der Waals surface area contributed by atoms with E-state index in [2.05, 4.69) is 32.6 Å². The predicted octanol–water partition coefficient (Wildman–Crippen LogP) is 3.75. The first-order valence-electron chi connectivity index (χ1n) is 6.99. The van der Waals surface area contributed by atoms with Gasteiger partial charge in [-0.2, -0.15) is 0 Å². The van der Waals surface area contributed by atoms with Gasteiger partial charge < -0.3 is 0 Å². The Bertz CT molecular complexity index is 224. The molecule has 0 spiro atoms. The Morgan fingerprint density at radius 2 is 1.59 bits per heavy atom. The van der Waals surface area contributed by atoms with Crippen molar-refractivity contribution in [3.63, 3.8) is 0 Å². The maximum Gasteiger partial charge on any atom is 0.152 e. The molecule has 0 saturated heterocycles. The number of ketones is 1. The van der Waals surface area contributed by atoms with Gasteiger partial charge >= 0.3 is 0 Å². The summed E-state index contributed by atoms with van der Waals surface area (Å²) in [6, 6.07) is 0.545. The first kappa shape index (κ1) is 16.6. The third-order valence-electron chi connectivity index (χ3n) is 3.24. The Hall–Kier alpha value is -0.370. The number of nitrogens with zero attached hydrogens (tertiary/aromatic N) is 1. The van der Waals surface area contributed by atoms with Crippen molar-refractivity contribution in [2.45, 2.75) is 67.3 Å². The Balaban J connectivity index is 4.64. The van der Waals surface area contributed by atoms with E-state index in [1.807, 2.05) is 20.8 Å². The van der Waals surface area contributed by atoms with E-state index in [-0.39, 0.29) is 5.41 Å². The van der Waals surface area contributed by atoms with Crippen LogP contribution < -0.4 is 0 Å². The van der Waals surface area contributed by atoms with Crippen molar-refractivity contribution in [1.82, 2.24) is 4.90 Å². The van der Waals surface area contributed by atoms with Gasteiger partial charge in [-0.25, -0.2) is 0 Å². The van der Waals surface area contributed by atoms with Crippen molar-refractivity contribution in [2.24, 2.45) is 11.3 Å². The molecule has 0 rings (SSSR count). The van der Waals surface area contributed by atoms with Crippen LogP contribution in [0, 0.1) is 11.3 Å². The molecule has 0 fully saturated rings. The van der Waals surface area contributed by atoms with Crippen LogP contribution in [0.25, 0.3) is 0 Å². The van der Waals surface area contributed by atoms with Crippen LogP contribution in [0.4, 0.5) is 0 Å². The van der Waals surface area contributed by atoms with E-state index >= 15 is 0 Å². The van der Waals surface area contributed by atoms with Crippen LogP contribution in [0.2, 0.25) is 0 Å². The van der Waals surface area contributed by atoms with Crippen LogP contribution in [0.3, 0.4) is 0 Å². The smallest absolute Gasteiger partial charge is 0.152 e. The molecule has 2 heteroatoms. The van der Waals surface area contributed by atoms with Gasteiger partial charge in [0.2, 0.25) is 0 Å². The van der Waals surface area contributed by atoms with Crippen LogP contribution in [0.5, 0.6) is 0 Å². The predicted molar refractivity (Wildman–Crippen MR) is 75.2 cm³/mol. The molecule has 0 unspecified atom stereocenters. The summed E-state index contributed by atoms with van der Waals surface area (Å²) in [7, 11) is 0. The second-order valence-corrected chi connectivity index (χ2v) is 6.47. The molecular formula is C15H31NO. The zero-order chi connectivity index (χ0) is 13.6. The van der Waals surface area contributed by atoms with E-state index in [0.717, 1.165) is 19.4 Å². The van der Waals surface area contributed by atoms with E-state index in [4.69, 9.17) is 0 Å². The quantitative estimate of drug-likeness (QED) is 0.676. The van der Waals surface area contributed by atoms with Crippen LogP contribution >= 0.6 is 0 Å². The molecule has 2 nitrogen and oxygen atoms in total. The minimum atomic E-state index is -0.221. The van der Waals surface area contributed by atoms with E-state index in [1.54, 1.807) is 0 Å². The molecule has 0 aromatic rings. The van der Waals surface area contributed by atoms with Gasteiger partial charge in [0.15, 0.2) is 5.78 Å². The van der Waals surface area contributed by atoms with Crippen molar-refractivity contribution >= 4 is 5.78 Å². The number of Topliss-reactive ketones (excluding diaryl/α,β-unsaturated/α-hetero) is 1. The average molecular weight is 241 g/mol. The van der Waals surface area contributed by atoms with E-state index in [9.17, 15) is 4.79 Å². The second kappa shape index (κ2) is 7.15. The van der Waals surface area contributed by atoms with Gasteiger partial charge in [0, 0.05) is 18.0 Å². The lowest BCUT2D eigenvalue weighted by molar-refractivity contribution is -0.128. The van der Waals surface area contributed by atoms with E-state index < -0.39 is 0 Å². The topological polar surface area (TPSA) is 20.3 Å². The summed E-state index contributed by atoms with van der Waals surface area (Å²) in [5.41, 5.74) is -0.221. The molecule has 102 valence electrons. The van der Waals surface area contributed by atoms with Crippen molar-refractivity contribution in [3.8, 4) is 0 Å². The number of hydrogen-bond acceptors (Lipinski definition) is 2. The summed E-state index contributed by atoms with van der Waals surface area (Å²) in [6.45, 7) is 16.5. The molecule has 0 amide bonds. The van der Waals surface area contributed by atoms with Crippen molar-refractivity contribution in [1.29, 1.82) is 0 Å². The van der Waals surface area contributed by atoms with Crippen LogP contribution in [-0.2, 0) is 4.79 Å². The van der Waals surface area contributed by atoms with Gasteiger partial charge in [-0.3, -0.25) is 9.69 Å². The van der Waals surface area contributed by atoms with Gasteiger partial charge in [0.25, 0.3) is 0 Å². The molecule has 0 N–H and O–H groups in total. The zero-order valence-electron chi connectivity index (χ0n) is 12.8. The second-order valence-electron chi connectivity index (χ2n) is 6.47. The summed E-state index contributed by atoms with van der Waals surface area (Å²) < 4.78 is 0.